The molecule has 104 valence electrons. The minimum atomic E-state index is -0.486. The summed E-state index contributed by atoms with van der Waals surface area (Å²) in [6.07, 6.45) is 3.24. The largest absolute Gasteiger partial charge is 0.372 e. The number of halogens is 1. The molecule has 1 aliphatic heterocycles. The smallest absolute Gasteiger partial charge is 0.257 e. The van der Waals surface area contributed by atoms with Gasteiger partial charge in [0.2, 0.25) is 0 Å². The average Bonchev–Trinajstić information content (AvgIpc) is 2.41. The van der Waals surface area contributed by atoms with Crippen LogP contribution in [0.1, 0.15) is 37.0 Å². The van der Waals surface area contributed by atoms with Crippen LogP contribution in [0, 0.1) is 11.7 Å². The molecular weight excluding hydrogens is 245 g/mol. The molecule has 1 amide bonds. The van der Waals surface area contributed by atoms with Crippen molar-refractivity contribution in [3.63, 3.8) is 0 Å². The van der Waals surface area contributed by atoms with E-state index in [1.54, 1.807) is 7.05 Å². The van der Waals surface area contributed by atoms with Crippen LogP contribution in [0.2, 0.25) is 0 Å². The number of pyridine rings is 1. The number of likely N-dealkylation sites (tertiary alicyclic amines) is 1. The summed E-state index contributed by atoms with van der Waals surface area (Å²) in [7, 11) is 1.68. The van der Waals surface area contributed by atoms with E-state index in [-0.39, 0.29) is 11.9 Å². The first kappa shape index (κ1) is 13.8. The van der Waals surface area contributed by atoms with Gasteiger partial charge >= 0.3 is 0 Å². The highest BCUT2D eigenvalue weighted by atomic mass is 19.1. The summed E-state index contributed by atoms with van der Waals surface area (Å²) in [6.45, 7) is 4.92. The topological polar surface area (TPSA) is 45.2 Å². The highest BCUT2D eigenvalue weighted by Crippen LogP contribution is 2.26. The normalized spacial score (nSPS) is 23.3. The number of amides is 1. The lowest BCUT2D eigenvalue weighted by Crippen LogP contribution is -2.46. The molecule has 2 unspecified atom stereocenters. The zero-order valence-electron chi connectivity index (χ0n) is 11.6. The minimum Gasteiger partial charge on any atom is -0.372 e. The monoisotopic (exact) mass is 265 g/mol. The van der Waals surface area contributed by atoms with Crippen LogP contribution in [-0.4, -0.2) is 35.4 Å². The van der Waals surface area contributed by atoms with E-state index < -0.39 is 5.82 Å². The number of hydrogen-bond donors (Lipinski definition) is 1. The van der Waals surface area contributed by atoms with Crippen molar-refractivity contribution in [3.8, 4) is 0 Å². The molecule has 0 spiro atoms. The second-order valence-corrected chi connectivity index (χ2v) is 5.16. The molecule has 1 fully saturated rings. The van der Waals surface area contributed by atoms with Crippen molar-refractivity contribution in [1.82, 2.24) is 9.88 Å². The Balaban J connectivity index is 2.30. The van der Waals surface area contributed by atoms with E-state index in [0.717, 1.165) is 25.6 Å². The first-order valence-electron chi connectivity index (χ1n) is 6.69. The summed E-state index contributed by atoms with van der Waals surface area (Å²) < 4.78 is 13.3. The molecule has 2 heterocycles. The van der Waals surface area contributed by atoms with E-state index in [2.05, 4.69) is 17.2 Å². The zero-order valence-corrected chi connectivity index (χ0v) is 11.6. The molecule has 1 saturated heterocycles. The van der Waals surface area contributed by atoms with Gasteiger partial charge in [-0.3, -0.25) is 4.79 Å². The predicted octanol–water partition coefficient (Wildman–Crippen LogP) is 2.52. The average molecular weight is 265 g/mol. The zero-order chi connectivity index (χ0) is 14.0. The van der Waals surface area contributed by atoms with Gasteiger partial charge in [0.15, 0.2) is 0 Å². The Morgan fingerprint density at radius 2 is 2.26 bits per heavy atom. The van der Waals surface area contributed by atoms with Crippen LogP contribution in [-0.2, 0) is 0 Å². The summed E-state index contributed by atoms with van der Waals surface area (Å²) in [6, 6.07) is 1.43. The van der Waals surface area contributed by atoms with Gasteiger partial charge < -0.3 is 10.2 Å². The minimum absolute atomic E-state index is 0.143. The van der Waals surface area contributed by atoms with Crippen LogP contribution in [0.3, 0.4) is 0 Å². The Bertz CT molecular complexity index is 478. The maximum Gasteiger partial charge on any atom is 0.257 e. The van der Waals surface area contributed by atoms with E-state index in [0.29, 0.717) is 17.3 Å². The Hall–Kier alpha value is -1.65. The maximum absolute atomic E-state index is 13.3. The van der Waals surface area contributed by atoms with E-state index in [4.69, 9.17) is 0 Å². The van der Waals surface area contributed by atoms with Gasteiger partial charge in [0.25, 0.3) is 5.91 Å². The van der Waals surface area contributed by atoms with E-state index in [1.807, 2.05) is 11.8 Å². The highest BCUT2D eigenvalue weighted by molar-refractivity contribution is 5.99. The lowest BCUT2D eigenvalue weighted by Gasteiger charge is -2.38. The molecule has 19 heavy (non-hydrogen) atoms. The quantitative estimate of drug-likeness (QED) is 0.893. The Kier molecular flexibility index (Phi) is 4.02. The van der Waals surface area contributed by atoms with Gasteiger partial charge in [-0.15, -0.1) is 0 Å². The van der Waals surface area contributed by atoms with Crippen LogP contribution in [0.5, 0.6) is 0 Å². The van der Waals surface area contributed by atoms with Crippen molar-refractivity contribution in [2.45, 2.75) is 32.7 Å². The van der Waals surface area contributed by atoms with Crippen molar-refractivity contribution < 1.29 is 9.18 Å². The highest BCUT2D eigenvalue weighted by Gasteiger charge is 2.30. The second-order valence-electron chi connectivity index (χ2n) is 5.16. The molecule has 1 aromatic heterocycles. The van der Waals surface area contributed by atoms with Gasteiger partial charge in [0.05, 0.1) is 11.8 Å². The summed E-state index contributed by atoms with van der Waals surface area (Å²) in [5, 5.41) is 2.84. The molecule has 2 atom stereocenters. The van der Waals surface area contributed by atoms with Gasteiger partial charge in [-0.05, 0) is 31.7 Å². The number of rotatable bonds is 2. The van der Waals surface area contributed by atoms with Crippen LogP contribution >= 0.6 is 0 Å². The number of aromatic nitrogens is 1. The fraction of sp³-hybridized carbons (Fsp3) is 0.571. The number of piperidine rings is 1. The Morgan fingerprint density at radius 3 is 2.95 bits per heavy atom. The molecule has 4 nitrogen and oxygen atoms in total. The van der Waals surface area contributed by atoms with E-state index >= 15 is 0 Å². The lowest BCUT2D eigenvalue weighted by atomic mass is 9.91. The Morgan fingerprint density at radius 1 is 1.53 bits per heavy atom. The van der Waals surface area contributed by atoms with Gasteiger partial charge in [-0.1, -0.05) is 6.92 Å². The predicted molar refractivity (Wildman–Crippen MR) is 72.6 cm³/mol. The lowest BCUT2D eigenvalue weighted by molar-refractivity contribution is 0.0551. The molecule has 1 aliphatic rings. The molecule has 1 aromatic rings. The van der Waals surface area contributed by atoms with Crippen LogP contribution in [0.4, 0.5) is 10.2 Å². The summed E-state index contributed by atoms with van der Waals surface area (Å²) >= 11 is 0. The number of nitrogens with zero attached hydrogens (tertiary/aromatic N) is 2. The SMILES string of the molecule is CNc1ncc(F)cc1C(=O)N1CCCC(C)C1C. The van der Waals surface area contributed by atoms with Crippen molar-refractivity contribution in [3.05, 3.63) is 23.6 Å². The first-order chi connectivity index (χ1) is 9.04. The molecule has 5 heteroatoms. The number of carbonyl (C=O) groups excluding carboxylic acids is 1. The van der Waals surface area contributed by atoms with Crippen molar-refractivity contribution >= 4 is 11.7 Å². The van der Waals surface area contributed by atoms with Crippen molar-refractivity contribution in [2.75, 3.05) is 18.9 Å². The summed E-state index contributed by atoms with van der Waals surface area (Å²) in [4.78, 5) is 18.3. The van der Waals surface area contributed by atoms with Gasteiger partial charge in [-0.25, -0.2) is 9.37 Å². The summed E-state index contributed by atoms with van der Waals surface area (Å²) in [5.41, 5.74) is 0.309. The third kappa shape index (κ3) is 2.69. The molecule has 1 N–H and O–H groups in total. The second kappa shape index (κ2) is 5.55. The van der Waals surface area contributed by atoms with Crippen molar-refractivity contribution in [1.29, 1.82) is 0 Å². The molecule has 0 bridgehead atoms. The molecule has 2 rings (SSSR count). The number of anilines is 1. The fourth-order valence-corrected chi connectivity index (χ4v) is 2.58. The van der Waals surface area contributed by atoms with Crippen LogP contribution in [0.25, 0.3) is 0 Å². The number of carbonyl (C=O) groups is 1. The molecule has 0 aliphatic carbocycles. The molecular formula is C14H20FN3O. The third-order valence-corrected chi connectivity index (χ3v) is 3.96. The fourth-order valence-electron chi connectivity index (χ4n) is 2.58. The molecule has 0 aromatic carbocycles. The van der Waals surface area contributed by atoms with E-state index in [9.17, 15) is 9.18 Å². The molecule has 0 saturated carbocycles. The van der Waals surface area contributed by atoms with Crippen LogP contribution in [0.15, 0.2) is 12.3 Å². The molecule has 0 radical (unpaired) electrons. The summed E-state index contributed by atoms with van der Waals surface area (Å²) in [5.74, 6) is 0.268. The third-order valence-electron chi connectivity index (χ3n) is 3.96. The number of hydrogen-bond acceptors (Lipinski definition) is 3. The van der Waals surface area contributed by atoms with Crippen molar-refractivity contribution in [2.24, 2.45) is 5.92 Å². The van der Waals surface area contributed by atoms with Gasteiger partial charge in [0, 0.05) is 19.6 Å². The van der Waals surface area contributed by atoms with Crippen LogP contribution < -0.4 is 5.32 Å². The standard InChI is InChI=1S/C14H20FN3O/c1-9-5-4-6-18(10(9)2)14(19)12-7-11(15)8-17-13(12)16-3/h7-10H,4-6H2,1-3H3,(H,16,17). The van der Waals surface area contributed by atoms with Gasteiger partial charge in [-0.2, -0.15) is 0 Å². The van der Waals surface area contributed by atoms with E-state index in [1.165, 1.54) is 6.07 Å². The number of nitrogens with one attached hydrogen (secondary N) is 1. The first-order valence-corrected chi connectivity index (χ1v) is 6.69. The maximum atomic E-state index is 13.3. The Labute approximate surface area is 113 Å². The van der Waals surface area contributed by atoms with Gasteiger partial charge in [0.1, 0.15) is 11.6 Å².